The average molecular weight is 421 g/mol. The second-order valence-electron chi connectivity index (χ2n) is 8.62. The third-order valence-electron chi connectivity index (χ3n) is 6.65. The first-order valence-corrected chi connectivity index (χ1v) is 10.8. The lowest BCUT2D eigenvalue weighted by Crippen LogP contribution is -2.40. The number of piperidine rings is 1. The number of methoxy groups -OCH3 is 1. The first-order valence-electron chi connectivity index (χ1n) is 10.8. The Balaban J connectivity index is 1.47. The zero-order valence-electron chi connectivity index (χ0n) is 17.8. The van der Waals surface area contributed by atoms with Crippen molar-refractivity contribution in [2.24, 2.45) is 11.0 Å². The Morgan fingerprint density at radius 2 is 2.00 bits per heavy atom. The van der Waals surface area contributed by atoms with Crippen molar-refractivity contribution in [3.8, 4) is 5.75 Å². The molecule has 1 aliphatic carbocycles. The van der Waals surface area contributed by atoms with Crippen LogP contribution in [-0.4, -0.2) is 41.5 Å². The first-order chi connectivity index (χ1) is 15.1. The van der Waals surface area contributed by atoms with Crippen LogP contribution >= 0.6 is 0 Å². The Labute approximate surface area is 182 Å². The van der Waals surface area contributed by atoms with Crippen LogP contribution in [0.3, 0.4) is 0 Å². The van der Waals surface area contributed by atoms with Crippen molar-refractivity contribution >= 4 is 5.78 Å². The lowest BCUT2D eigenvalue weighted by molar-refractivity contribution is 0.0855. The summed E-state index contributed by atoms with van der Waals surface area (Å²) < 4.78 is 5.36. The third kappa shape index (κ3) is 4.30. The normalized spacial score (nSPS) is 21.5. The number of hydrogen-bond donors (Lipinski definition) is 1. The summed E-state index contributed by atoms with van der Waals surface area (Å²) in [6, 6.07) is 13.9. The van der Waals surface area contributed by atoms with E-state index in [-0.39, 0.29) is 12.4 Å². The molecule has 31 heavy (non-hydrogen) atoms. The van der Waals surface area contributed by atoms with E-state index in [1.165, 1.54) is 5.56 Å². The topological polar surface area (TPSA) is 98.5 Å². The zero-order valence-corrected chi connectivity index (χ0v) is 17.8. The number of nitrogens with zero attached hydrogens (tertiary/aromatic N) is 4. The highest BCUT2D eigenvalue weighted by atomic mass is 16.5. The van der Waals surface area contributed by atoms with Gasteiger partial charge in [0.15, 0.2) is 5.78 Å². The molecule has 1 atom stereocenters. The van der Waals surface area contributed by atoms with E-state index in [4.69, 9.17) is 4.74 Å². The third-order valence-corrected chi connectivity index (χ3v) is 6.65. The van der Waals surface area contributed by atoms with Crippen molar-refractivity contribution in [1.82, 2.24) is 4.90 Å². The molecule has 0 bridgehead atoms. The number of benzene rings is 2. The van der Waals surface area contributed by atoms with Crippen LogP contribution < -0.4 is 4.74 Å². The Morgan fingerprint density at radius 3 is 2.65 bits per heavy atom. The number of azide groups is 1. The molecule has 7 nitrogen and oxygen atoms in total. The predicted molar refractivity (Wildman–Crippen MR) is 118 cm³/mol. The number of rotatable bonds is 7. The van der Waals surface area contributed by atoms with E-state index in [0.717, 1.165) is 38.0 Å². The smallest absolute Gasteiger partial charge is 0.175 e. The second-order valence-corrected chi connectivity index (χ2v) is 8.62. The fourth-order valence-corrected chi connectivity index (χ4v) is 5.02. The minimum atomic E-state index is -1.08. The average Bonchev–Trinajstić information content (AvgIpc) is 3.05. The van der Waals surface area contributed by atoms with E-state index in [9.17, 15) is 15.4 Å². The molecule has 2 aliphatic rings. The van der Waals surface area contributed by atoms with Gasteiger partial charge in [-0.3, -0.25) is 9.69 Å². The van der Waals surface area contributed by atoms with E-state index in [0.29, 0.717) is 35.6 Å². The summed E-state index contributed by atoms with van der Waals surface area (Å²) in [6.45, 7) is 2.66. The highest BCUT2D eigenvalue weighted by Crippen LogP contribution is 2.42. The Morgan fingerprint density at radius 1 is 1.26 bits per heavy atom. The van der Waals surface area contributed by atoms with Crippen molar-refractivity contribution < 1.29 is 14.6 Å². The van der Waals surface area contributed by atoms with Gasteiger partial charge in [0.05, 0.1) is 13.7 Å². The maximum atomic E-state index is 13.4. The summed E-state index contributed by atoms with van der Waals surface area (Å²) in [5, 5.41) is 13.7. The molecule has 1 aliphatic heterocycles. The fraction of sp³-hybridized carbons (Fsp3) is 0.458. The number of Topliss-reactive ketones (excluding diaryl/α,β-unsaturated/α-hetero) is 1. The molecule has 0 amide bonds. The molecular formula is C24H28N4O3. The Kier molecular flexibility index (Phi) is 6.28. The second kappa shape index (κ2) is 9.10. The molecule has 2 aromatic carbocycles. The van der Waals surface area contributed by atoms with Gasteiger partial charge in [-0.15, -0.1) is 0 Å². The number of fused-ring (bicyclic) bond motifs is 1. The largest absolute Gasteiger partial charge is 0.496 e. The van der Waals surface area contributed by atoms with Gasteiger partial charge in [-0.1, -0.05) is 35.4 Å². The highest BCUT2D eigenvalue weighted by molar-refractivity contribution is 6.08. The van der Waals surface area contributed by atoms with Crippen LogP contribution in [0.1, 0.15) is 46.3 Å². The van der Waals surface area contributed by atoms with Crippen molar-refractivity contribution in [3.63, 3.8) is 0 Å². The van der Waals surface area contributed by atoms with Crippen LogP contribution in [0.25, 0.3) is 10.4 Å². The summed E-state index contributed by atoms with van der Waals surface area (Å²) in [5.74, 6) is 0.749. The maximum Gasteiger partial charge on any atom is 0.175 e. The van der Waals surface area contributed by atoms with Crippen molar-refractivity contribution in [1.29, 1.82) is 0 Å². The number of ether oxygens (including phenoxy) is 1. The van der Waals surface area contributed by atoms with E-state index in [2.05, 4.69) is 39.2 Å². The molecule has 1 unspecified atom stereocenters. The van der Waals surface area contributed by atoms with Crippen LogP contribution in [0.2, 0.25) is 0 Å². The minimum absolute atomic E-state index is 0.135. The number of aliphatic hydroxyl groups is 1. The van der Waals surface area contributed by atoms with Gasteiger partial charge in [-0.05, 0) is 73.5 Å². The lowest BCUT2D eigenvalue weighted by Gasteiger charge is -2.35. The molecule has 1 N–H and O–H groups in total. The molecule has 2 aromatic rings. The first kappa shape index (κ1) is 21.4. The summed E-state index contributed by atoms with van der Waals surface area (Å²) in [5.41, 5.74) is 11.4. The summed E-state index contributed by atoms with van der Waals surface area (Å²) in [7, 11) is 1.54. The predicted octanol–water partition coefficient (Wildman–Crippen LogP) is 4.28. The number of ketones is 1. The number of likely N-dealkylation sites (tertiary alicyclic amines) is 1. The summed E-state index contributed by atoms with van der Waals surface area (Å²) in [4.78, 5) is 18.9. The van der Waals surface area contributed by atoms with Gasteiger partial charge in [-0.2, -0.15) is 0 Å². The number of aliphatic hydroxyl groups excluding tert-OH is 1. The Bertz CT molecular complexity index is 995. The van der Waals surface area contributed by atoms with Gasteiger partial charge in [0.2, 0.25) is 0 Å². The van der Waals surface area contributed by atoms with Gasteiger partial charge in [0.25, 0.3) is 0 Å². The fourth-order valence-electron chi connectivity index (χ4n) is 5.02. The molecule has 7 heteroatoms. The molecule has 0 radical (unpaired) electrons. The van der Waals surface area contributed by atoms with Crippen LogP contribution in [0.5, 0.6) is 5.75 Å². The zero-order chi connectivity index (χ0) is 21.8. The summed E-state index contributed by atoms with van der Waals surface area (Å²) in [6.07, 6.45) is 2.90. The molecule has 162 valence electrons. The maximum absolute atomic E-state index is 13.4. The van der Waals surface area contributed by atoms with E-state index < -0.39 is 5.54 Å². The van der Waals surface area contributed by atoms with E-state index >= 15 is 0 Å². The molecule has 1 fully saturated rings. The standard InChI is InChI=1S/C24H28N4O3/c1-31-22-12-19-14-24(26-27-25,23(30)21(19)11-20(22)16-29)13-17-7-9-28(10-8-17)15-18-5-3-2-4-6-18/h2-6,11-12,17,29H,7-10,13-16H2,1H3. The quantitative estimate of drug-likeness (QED) is 0.411. The highest BCUT2D eigenvalue weighted by Gasteiger charge is 2.47. The number of carbonyl (C=O) groups excluding carboxylic acids is 1. The van der Waals surface area contributed by atoms with Crippen molar-refractivity contribution in [2.75, 3.05) is 20.2 Å². The van der Waals surface area contributed by atoms with Gasteiger partial charge < -0.3 is 9.84 Å². The molecule has 0 spiro atoms. The van der Waals surface area contributed by atoms with Gasteiger partial charge in [0.1, 0.15) is 11.3 Å². The lowest BCUT2D eigenvalue weighted by atomic mass is 9.80. The van der Waals surface area contributed by atoms with E-state index in [1.807, 2.05) is 6.07 Å². The molecule has 1 heterocycles. The van der Waals surface area contributed by atoms with Crippen LogP contribution in [0.4, 0.5) is 0 Å². The van der Waals surface area contributed by atoms with Crippen LogP contribution in [0, 0.1) is 5.92 Å². The van der Waals surface area contributed by atoms with E-state index in [1.54, 1.807) is 19.2 Å². The number of carbonyl (C=O) groups is 1. The van der Waals surface area contributed by atoms with Gasteiger partial charge in [-0.25, -0.2) is 0 Å². The monoisotopic (exact) mass is 420 g/mol. The van der Waals surface area contributed by atoms with Crippen LogP contribution in [-0.2, 0) is 19.6 Å². The molecule has 4 rings (SSSR count). The van der Waals surface area contributed by atoms with Crippen molar-refractivity contribution in [2.45, 2.75) is 44.4 Å². The summed E-state index contributed by atoms with van der Waals surface area (Å²) >= 11 is 0. The Hall–Kier alpha value is -2.86. The molecule has 0 aromatic heterocycles. The van der Waals surface area contributed by atoms with Gasteiger partial charge >= 0.3 is 0 Å². The molecule has 0 saturated carbocycles. The van der Waals surface area contributed by atoms with Crippen molar-refractivity contribution in [3.05, 3.63) is 75.2 Å². The molecular weight excluding hydrogens is 392 g/mol. The molecule has 1 saturated heterocycles. The number of hydrogen-bond acceptors (Lipinski definition) is 5. The minimum Gasteiger partial charge on any atom is -0.496 e. The SMILES string of the molecule is COc1cc2c(cc1CO)C(=O)C(CC1CCN(Cc3ccccc3)CC1)(N=[N+]=[N-])C2. The van der Waals surface area contributed by atoms with Gasteiger partial charge in [0, 0.05) is 22.6 Å². The van der Waals surface area contributed by atoms with Crippen LogP contribution in [0.15, 0.2) is 47.6 Å².